The SMILES string of the molecule is CC(C)n1c(N)nnc1SCc1ccc(C#N)cc1. The van der Waals surface area contributed by atoms with E-state index >= 15 is 0 Å². The lowest BCUT2D eigenvalue weighted by molar-refractivity contribution is 0.557. The third kappa shape index (κ3) is 3.06. The average Bonchev–Trinajstić information content (AvgIpc) is 2.78. The van der Waals surface area contributed by atoms with Crippen molar-refractivity contribution in [2.75, 3.05) is 5.73 Å². The molecule has 1 heterocycles. The van der Waals surface area contributed by atoms with Crippen LogP contribution in [0.2, 0.25) is 0 Å². The molecule has 0 aliphatic rings. The van der Waals surface area contributed by atoms with Gasteiger partial charge in [0.05, 0.1) is 11.6 Å². The number of aromatic nitrogens is 3. The summed E-state index contributed by atoms with van der Waals surface area (Å²) in [5, 5.41) is 17.6. The number of rotatable bonds is 4. The minimum Gasteiger partial charge on any atom is -0.368 e. The average molecular weight is 273 g/mol. The van der Waals surface area contributed by atoms with Crippen LogP contribution >= 0.6 is 11.8 Å². The molecule has 2 N–H and O–H groups in total. The Kier molecular flexibility index (Phi) is 4.07. The molecule has 6 heteroatoms. The highest BCUT2D eigenvalue weighted by Crippen LogP contribution is 2.25. The minimum atomic E-state index is 0.235. The van der Waals surface area contributed by atoms with Crippen molar-refractivity contribution in [3.05, 3.63) is 35.4 Å². The van der Waals surface area contributed by atoms with Gasteiger partial charge >= 0.3 is 0 Å². The first kappa shape index (κ1) is 13.4. The van der Waals surface area contributed by atoms with E-state index in [0.29, 0.717) is 11.5 Å². The van der Waals surface area contributed by atoms with Crippen LogP contribution in [0.5, 0.6) is 0 Å². The van der Waals surface area contributed by atoms with Crippen molar-refractivity contribution in [3.8, 4) is 6.07 Å². The molecule has 2 rings (SSSR count). The Morgan fingerprint density at radius 2 is 2.00 bits per heavy atom. The largest absolute Gasteiger partial charge is 0.368 e. The van der Waals surface area contributed by atoms with Crippen LogP contribution < -0.4 is 5.73 Å². The number of hydrogen-bond donors (Lipinski definition) is 1. The standard InChI is InChI=1S/C13H15N5S/c1-9(2)18-12(15)16-17-13(18)19-8-11-5-3-10(7-14)4-6-11/h3-6,9H,8H2,1-2H3,(H2,15,16). The summed E-state index contributed by atoms with van der Waals surface area (Å²) < 4.78 is 1.91. The number of nitriles is 1. The van der Waals surface area contributed by atoms with Crippen LogP contribution in [0.25, 0.3) is 0 Å². The highest BCUT2D eigenvalue weighted by molar-refractivity contribution is 7.98. The minimum absolute atomic E-state index is 0.235. The van der Waals surface area contributed by atoms with E-state index in [0.717, 1.165) is 16.5 Å². The van der Waals surface area contributed by atoms with Crippen LogP contribution in [0.4, 0.5) is 5.95 Å². The van der Waals surface area contributed by atoms with E-state index in [2.05, 4.69) is 16.3 Å². The molecule has 5 nitrogen and oxygen atoms in total. The van der Waals surface area contributed by atoms with Gasteiger partial charge in [0.2, 0.25) is 5.95 Å². The predicted molar refractivity (Wildman–Crippen MR) is 75.5 cm³/mol. The van der Waals surface area contributed by atoms with E-state index in [-0.39, 0.29) is 6.04 Å². The molecule has 0 aliphatic carbocycles. The number of benzene rings is 1. The molecule has 0 spiro atoms. The Labute approximate surface area is 116 Å². The normalized spacial score (nSPS) is 10.6. The molecule has 1 aromatic heterocycles. The zero-order valence-electron chi connectivity index (χ0n) is 10.9. The molecular formula is C13H15N5S. The van der Waals surface area contributed by atoms with Crippen molar-refractivity contribution >= 4 is 17.7 Å². The van der Waals surface area contributed by atoms with Crippen molar-refractivity contribution in [1.82, 2.24) is 14.8 Å². The van der Waals surface area contributed by atoms with Crippen LogP contribution in [0.3, 0.4) is 0 Å². The van der Waals surface area contributed by atoms with Crippen LogP contribution in [-0.2, 0) is 5.75 Å². The zero-order valence-corrected chi connectivity index (χ0v) is 11.7. The molecule has 1 aromatic carbocycles. The lowest BCUT2D eigenvalue weighted by Crippen LogP contribution is -2.06. The Morgan fingerprint density at radius 3 is 2.58 bits per heavy atom. The summed E-state index contributed by atoms with van der Waals surface area (Å²) in [4.78, 5) is 0. The maximum atomic E-state index is 8.75. The van der Waals surface area contributed by atoms with Crippen molar-refractivity contribution < 1.29 is 0 Å². The zero-order chi connectivity index (χ0) is 13.8. The van der Waals surface area contributed by atoms with Gasteiger partial charge in [-0.3, -0.25) is 4.57 Å². The van der Waals surface area contributed by atoms with E-state index < -0.39 is 0 Å². The third-order valence-corrected chi connectivity index (χ3v) is 3.67. The Hall–Kier alpha value is -2.00. The van der Waals surface area contributed by atoms with Crippen molar-refractivity contribution in [2.45, 2.75) is 30.8 Å². The number of thioether (sulfide) groups is 1. The highest BCUT2D eigenvalue weighted by atomic mass is 32.2. The van der Waals surface area contributed by atoms with E-state index in [4.69, 9.17) is 11.0 Å². The summed E-state index contributed by atoms with van der Waals surface area (Å²) in [5.41, 5.74) is 7.60. The maximum absolute atomic E-state index is 8.75. The number of nitrogens with two attached hydrogens (primary N) is 1. The molecule has 19 heavy (non-hydrogen) atoms. The molecule has 0 unspecified atom stereocenters. The van der Waals surface area contributed by atoms with Gasteiger partial charge in [-0.05, 0) is 31.5 Å². The van der Waals surface area contributed by atoms with Crippen LogP contribution in [-0.4, -0.2) is 14.8 Å². The number of nitrogen functional groups attached to an aromatic ring is 1. The second-order valence-electron chi connectivity index (χ2n) is 4.40. The Balaban J connectivity index is 2.08. The molecule has 98 valence electrons. The fraction of sp³-hybridized carbons (Fsp3) is 0.308. The second-order valence-corrected chi connectivity index (χ2v) is 5.34. The van der Waals surface area contributed by atoms with Crippen LogP contribution in [0.15, 0.2) is 29.4 Å². The van der Waals surface area contributed by atoms with E-state index in [1.807, 2.05) is 42.7 Å². The molecule has 0 atom stereocenters. The first-order valence-electron chi connectivity index (χ1n) is 5.94. The summed E-state index contributed by atoms with van der Waals surface area (Å²) >= 11 is 1.59. The molecule has 0 saturated carbocycles. The van der Waals surface area contributed by atoms with Crippen molar-refractivity contribution in [3.63, 3.8) is 0 Å². The summed E-state index contributed by atoms with van der Waals surface area (Å²) in [6.07, 6.45) is 0. The predicted octanol–water partition coefficient (Wildman–Crippen LogP) is 2.61. The van der Waals surface area contributed by atoms with Gasteiger partial charge in [0.15, 0.2) is 5.16 Å². The first-order chi connectivity index (χ1) is 9.11. The van der Waals surface area contributed by atoms with Crippen molar-refractivity contribution in [1.29, 1.82) is 5.26 Å². The maximum Gasteiger partial charge on any atom is 0.222 e. The number of hydrogen-bond acceptors (Lipinski definition) is 5. The number of anilines is 1. The van der Waals surface area contributed by atoms with Gasteiger partial charge in [-0.15, -0.1) is 10.2 Å². The topological polar surface area (TPSA) is 80.5 Å². The molecule has 0 aliphatic heterocycles. The third-order valence-electron chi connectivity index (χ3n) is 2.66. The summed E-state index contributed by atoms with van der Waals surface area (Å²) in [5.74, 6) is 1.22. The fourth-order valence-electron chi connectivity index (χ4n) is 1.70. The highest BCUT2D eigenvalue weighted by Gasteiger charge is 2.12. The molecule has 2 aromatic rings. The van der Waals surface area contributed by atoms with Crippen LogP contribution in [0.1, 0.15) is 31.0 Å². The molecule has 0 amide bonds. The molecule has 0 saturated heterocycles. The quantitative estimate of drug-likeness (QED) is 0.866. The van der Waals surface area contributed by atoms with Gasteiger partial charge in [-0.2, -0.15) is 5.26 Å². The molecular weight excluding hydrogens is 258 g/mol. The summed E-state index contributed by atoms with van der Waals surface area (Å²) in [6.45, 7) is 4.09. The lowest BCUT2D eigenvalue weighted by atomic mass is 10.2. The van der Waals surface area contributed by atoms with E-state index in [1.165, 1.54) is 0 Å². The first-order valence-corrected chi connectivity index (χ1v) is 6.92. The number of nitrogens with zero attached hydrogens (tertiary/aromatic N) is 4. The van der Waals surface area contributed by atoms with Gasteiger partial charge in [-0.1, -0.05) is 23.9 Å². The molecule has 0 bridgehead atoms. The molecule has 0 radical (unpaired) electrons. The Morgan fingerprint density at radius 1 is 1.32 bits per heavy atom. The molecule has 0 fully saturated rings. The van der Waals surface area contributed by atoms with Gasteiger partial charge in [-0.25, -0.2) is 0 Å². The van der Waals surface area contributed by atoms with Gasteiger partial charge in [0, 0.05) is 11.8 Å². The van der Waals surface area contributed by atoms with E-state index in [9.17, 15) is 0 Å². The fourth-order valence-corrected chi connectivity index (χ4v) is 2.73. The summed E-state index contributed by atoms with van der Waals surface area (Å²) in [7, 11) is 0. The monoisotopic (exact) mass is 273 g/mol. The van der Waals surface area contributed by atoms with Crippen LogP contribution in [0, 0.1) is 11.3 Å². The van der Waals surface area contributed by atoms with Crippen molar-refractivity contribution in [2.24, 2.45) is 0 Å². The lowest BCUT2D eigenvalue weighted by Gasteiger charge is -2.11. The second kappa shape index (κ2) is 5.76. The smallest absolute Gasteiger partial charge is 0.222 e. The summed E-state index contributed by atoms with van der Waals surface area (Å²) in [6, 6.07) is 9.87. The van der Waals surface area contributed by atoms with Gasteiger partial charge in [0.25, 0.3) is 0 Å². The van der Waals surface area contributed by atoms with Gasteiger partial charge in [0.1, 0.15) is 0 Å². The van der Waals surface area contributed by atoms with Gasteiger partial charge < -0.3 is 5.73 Å². The Bertz CT molecular complexity index is 594. The van der Waals surface area contributed by atoms with E-state index in [1.54, 1.807) is 11.8 Å².